The van der Waals surface area contributed by atoms with Gasteiger partial charge in [0.05, 0.1) is 16.8 Å². The smallest absolute Gasteiger partial charge is 0.167 e. The Labute approximate surface area is 332 Å². The lowest BCUT2D eigenvalue weighted by atomic mass is 9.85. The van der Waals surface area contributed by atoms with Gasteiger partial charge in [0.25, 0.3) is 0 Å². The molecule has 0 saturated heterocycles. The molecule has 2 atom stereocenters. The normalized spacial score (nSPS) is 15.4. The van der Waals surface area contributed by atoms with Gasteiger partial charge in [-0.25, -0.2) is 15.0 Å². The molecule has 0 bridgehead atoms. The molecule has 12 rings (SSSR count). The van der Waals surface area contributed by atoms with Crippen molar-refractivity contribution in [3.8, 4) is 56.7 Å². The van der Waals surface area contributed by atoms with E-state index in [1.807, 2.05) is 18.2 Å². The minimum atomic E-state index is -0.213. The quantitative estimate of drug-likeness (QED) is 0.176. The average molecular weight is 749 g/mol. The molecule has 10 aromatic rings. The lowest BCUT2D eigenvalue weighted by Gasteiger charge is -2.22. The summed E-state index contributed by atoms with van der Waals surface area (Å²) < 4.78 is 12.1. The molecule has 1 aliphatic heterocycles. The summed E-state index contributed by atoms with van der Waals surface area (Å²) in [7, 11) is 0. The molecule has 3 aromatic heterocycles. The Balaban J connectivity index is 0.990. The number of hydrogen-bond donors (Lipinski definition) is 0. The first-order chi connectivity index (χ1) is 28.2. The minimum Gasteiger partial charge on any atom is -0.484 e. The van der Waals surface area contributed by atoms with E-state index in [1.165, 1.54) is 42.2 Å². The average Bonchev–Trinajstić information content (AvgIpc) is 3.96. The van der Waals surface area contributed by atoms with E-state index in [0.29, 0.717) is 17.5 Å². The second-order valence-corrected chi connectivity index (χ2v) is 15.8. The highest BCUT2D eigenvalue weighted by Crippen LogP contribution is 2.55. The third kappa shape index (κ3) is 5.11. The largest absolute Gasteiger partial charge is 0.484 e. The Kier molecular flexibility index (Phi) is 7.16. The number of aromatic nitrogens is 4. The molecular weight excluding hydrogens is 717 g/mol. The van der Waals surface area contributed by atoms with E-state index < -0.39 is 0 Å². The molecule has 0 radical (unpaired) electrons. The molecule has 0 fully saturated rings. The van der Waals surface area contributed by atoms with Crippen molar-refractivity contribution >= 4 is 48.5 Å². The maximum atomic E-state index is 7.19. The molecule has 4 heterocycles. The zero-order valence-electron chi connectivity index (χ0n) is 30.6. The molecule has 268 valence electrons. The highest BCUT2D eigenvalue weighted by Gasteiger charge is 2.41. The van der Waals surface area contributed by atoms with Gasteiger partial charge < -0.3 is 9.30 Å². The Morgan fingerprint density at radius 2 is 1.19 bits per heavy atom. The van der Waals surface area contributed by atoms with E-state index in [2.05, 4.69) is 168 Å². The first-order valence-corrected chi connectivity index (χ1v) is 20.1. The van der Waals surface area contributed by atoms with E-state index in [0.717, 1.165) is 44.9 Å². The van der Waals surface area contributed by atoms with Crippen molar-refractivity contribution in [3.63, 3.8) is 0 Å². The minimum absolute atomic E-state index is 0.0348. The van der Waals surface area contributed by atoms with Crippen LogP contribution in [0.15, 0.2) is 176 Å². The third-order valence-corrected chi connectivity index (χ3v) is 12.6. The molecule has 6 heteroatoms. The summed E-state index contributed by atoms with van der Waals surface area (Å²) in [6.07, 6.45) is 4.39. The van der Waals surface area contributed by atoms with Crippen LogP contribution >= 0.6 is 11.3 Å². The monoisotopic (exact) mass is 748 g/mol. The number of nitrogens with zero attached hydrogens (tertiary/aromatic N) is 4. The van der Waals surface area contributed by atoms with Crippen LogP contribution in [-0.4, -0.2) is 19.5 Å². The lowest BCUT2D eigenvalue weighted by Crippen LogP contribution is -2.13. The molecule has 0 N–H and O–H groups in total. The first-order valence-electron chi connectivity index (χ1n) is 19.3. The number of benzene rings is 7. The van der Waals surface area contributed by atoms with Crippen LogP contribution in [0.3, 0.4) is 0 Å². The predicted molar refractivity (Wildman–Crippen MR) is 233 cm³/mol. The molecule has 1 aliphatic carbocycles. The molecular formula is C51H32N4OS. The van der Waals surface area contributed by atoms with Crippen LogP contribution in [0.1, 0.15) is 28.8 Å². The Morgan fingerprint density at radius 1 is 0.509 bits per heavy atom. The van der Waals surface area contributed by atoms with E-state index in [-0.39, 0.29) is 12.0 Å². The van der Waals surface area contributed by atoms with E-state index >= 15 is 0 Å². The molecule has 0 saturated carbocycles. The van der Waals surface area contributed by atoms with Crippen molar-refractivity contribution in [1.82, 2.24) is 19.5 Å². The van der Waals surface area contributed by atoms with Gasteiger partial charge in [-0.1, -0.05) is 140 Å². The van der Waals surface area contributed by atoms with Gasteiger partial charge in [0.2, 0.25) is 0 Å². The van der Waals surface area contributed by atoms with Gasteiger partial charge in [-0.15, -0.1) is 11.3 Å². The Morgan fingerprint density at radius 3 is 2.05 bits per heavy atom. The number of thiophene rings is 1. The van der Waals surface area contributed by atoms with Crippen LogP contribution in [0.4, 0.5) is 0 Å². The fourth-order valence-electron chi connectivity index (χ4n) is 8.81. The standard InChI is InChI=1S/C51H32N4OS/c1-3-13-31(14-4-1)33-17-11-18-35(29-33)55-42-23-9-7-20-40(42)46-43(55)28-27-39-38-21-12-22-41(47(38)56-48(39)46)51-53-49(32-15-5-2-6-16-32)52-50(54-51)34-25-26-37-36-19-8-10-24-44(36)57-45(37)30-34/h1-30,39,48H. The number of rotatable bonds is 5. The summed E-state index contributed by atoms with van der Waals surface area (Å²) in [6.45, 7) is 0. The van der Waals surface area contributed by atoms with Gasteiger partial charge in [-0.3, -0.25) is 0 Å². The Bertz CT molecular complexity index is 3240. The van der Waals surface area contributed by atoms with Gasteiger partial charge in [0.15, 0.2) is 17.5 Å². The van der Waals surface area contributed by atoms with E-state index in [9.17, 15) is 0 Å². The van der Waals surface area contributed by atoms with Crippen LogP contribution in [0.5, 0.6) is 5.75 Å². The van der Waals surface area contributed by atoms with Crippen LogP contribution in [-0.2, 0) is 0 Å². The second-order valence-electron chi connectivity index (χ2n) is 14.7. The SMILES string of the molecule is C1=CC2c3cccc(-c4nc(-c5ccccc5)nc(-c5ccc6c(c5)sc5ccccc56)n4)c3OC2c2c1n(-c1cccc(-c3ccccc3)c1)c1ccccc21. The van der Waals surface area contributed by atoms with Crippen LogP contribution < -0.4 is 4.74 Å². The molecule has 2 aliphatic rings. The van der Waals surface area contributed by atoms with Crippen molar-refractivity contribution in [2.24, 2.45) is 0 Å². The fraction of sp³-hybridized carbons (Fsp3) is 0.0392. The fourth-order valence-corrected chi connectivity index (χ4v) is 9.96. The van der Waals surface area contributed by atoms with Crippen molar-refractivity contribution in [2.75, 3.05) is 0 Å². The van der Waals surface area contributed by atoms with E-state index in [4.69, 9.17) is 19.7 Å². The lowest BCUT2D eigenvalue weighted by molar-refractivity contribution is 0.225. The van der Waals surface area contributed by atoms with Crippen LogP contribution in [0.2, 0.25) is 0 Å². The summed E-state index contributed by atoms with van der Waals surface area (Å²) >= 11 is 1.79. The van der Waals surface area contributed by atoms with Crippen LogP contribution in [0.25, 0.3) is 88.1 Å². The highest BCUT2D eigenvalue weighted by atomic mass is 32.1. The van der Waals surface area contributed by atoms with Gasteiger partial charge in [0.1, 0.15) is 11.9 Å². The number of para-hydroxylation sites is 2. The summed E-state index contributed by atoms with van der Waals surface area (Å²) in [6, 6.07) is 59.7. The zero-order valence-corrected chi connectivity index (χ0v) is 31.4. The summed E-state index contributed by atoms with van der Waals surface area (Å²) in [4.78, 5) is 15.4. The van der Waals surface area contributed by atoms with Gasteiger partial charge in [0, 0.05) is 59.4 Å². The molecule has 7 aromatic carbocycles. The Hall–Kier alpha value is -7.15. The summed E-state index contributed by atoms with van der Waals surface area (Å²) in [5.41, 5.74) is 10.9. The molecule has 57 heavy (non-hydrogen) atoms. The molecule has 0 spiro atoms. The maximum absolute atomic E-state index is 7.19. The molecule has 0 amide bonds. The van der Waals surface area contributed by atoms with Crippen molar-refractivity contribution in [1.29, 1.82) is 0 Å². The molecule has 5 nitrogen and oxygen atoms in total. The number of fused-ring (bicyclic) bond motifs is 10. The van der Waals surface area contributed by atoms with Crippen molar-refractivity contribution in [3.05, 3.63) is 193 Å². The second kappa shape index (κ2) is 12.7. The third-order valence-electron chi connectivity index (χ3n) is 11.4. The van der Waals surface area contributed by atoms with E-state index in [1.54, 1.807) is 11.3 Å². The highest BCUT2D eigenvalue weighted by molar-refractivity contribution is 7.25. The van der Waals surface area contributed by atoms with Crippen molar-refractivity contribution < 1.29 is 4.74 Å². The first kappa shape index (κ1) is 32.1. The topological polar surface area (TPSA) is 52.8 Å². The van der Waals surface area contributed by atoms with Gasteiger partial charge in [-0.05, 0) is 53.6 Å². The van der Waals surface area contributed by atoms with Gasteiger partial charge >= 0.3 is 0 Å². The summed E-state index contributed by atoms with van der Waals surface area (Å²) in [5.74, 6) is 2.71. The van der Waals surface area contributed by atoms with Crippen LogP contribution in [0, 0.1) is 0 Å². The summed E-state index contributed by atoms with van der Waals surface area (Å²) in [5, 5.41) is 3.70. The van der Waals surface area contributed by atoms with Crippen molar-refractivity contribution in [2.45, 2.75) is 12.0 Å². The maximum Gasteiger partial charge on any atom is 0.167 e. The zero-order chi connectivity index (χ0) is 37.5. The predicted octanol–water partition coefficient (Wildman–Crippen LogP) is 13.1. The number of ether oxygens (including phenoxy) is 1. The number of hydrogen-bond acceptors (Lipinski definition) is 5. The molecule has 2 unspecified atom stereocenters. The van der Waals surface area contributed by atoms with Gasteiger partial charge in [-0.2, -0.15) is 0 Å².